The molecule has 0 saturated heterocycles. The molecule has 0 bridgehead atoms. The fourth-order valence-corrected chi connectivity index (χ4v) is 2.58. The quantitative estimate of drug-likeness (QED) is 0.502. The van der Waals surface area contributed by atoms with E-state index in [2.05, 4.69) is 15.5 Å². The zero-order chi connectivity index (χ0) is 16.7. The van der Waals surface area contributed by atoms with Gasteiger partial charge in [0.25, 0.3) is 5.91 Å². The summed E-state index contributed by atoms with van der Waals surface area (Å²) in [5.74, 6) is 0.625. The fraction of sp³-hybridized carbons (Fsp3) is 0.235. The number of benzene rings is 1. The summed E-state index contributed by atoms with van der Waals surface area (Å²) in [5, 5.41) is 4.69. The number of carbonyl (C=O) groups excluding carboxylic acids is 1. The first kappa shape index (κ1) is 17.0. The summed E-state index contributed by atoms with van der Waals surface area (Å²) >= 11 is 1.40. The van der Waals surface area contributed by atoms with Crippen LogP contribution in [0.2, 0.25) is 0 Å². The number of amides is 1. The number of carbonyl (C=O) groups is 1. The number of rotatable bonds is 6. The second-order valence-corrected chi connectivity index (χ2v) is 6.19. The predicted molar refractivity (Wildman–Crippen MR) is 92.9 cm³/mol. The number of thioether (sulfide) groups is 1. The number of hydrazone groups is 1. The fourth-order valence-electron chi connectivity index (χ4n) is 1.78. The monoisotopic (exact) mass is 329 g/mol. The number of hydrogen-bond acceptors (Lipinski definition) is 5. The molecule has 1 atom stereocenters. The summed E-state index contributed by atoms with van der Waals surface area (Å²) in [6.07, 6.45) is 1.71. The maximum atomic E-state index is 12.1. The van der Waals surface area contributed by atoms with Gasteiger partial charge in [-0.3, -0.25) is 4.79 Å². The molecule has 1 N–H and O–H groups in total. The Morgan fingerprint density at radius 1 is 1.26 bits per heavy atom. The van der Waals surface area contributed by atoms with E-state index in [1.54, 1.807) is 13.3 Å². The third-order valence-electron chi connectivity index (χ3n) is 3.15. The second-order valence-electron chi connectivity index (χ2n) is 4.83. The van der Waals surface area contributed by atoms with Gasteiger partial charge in [0, 0.05) is 6.20 Å². The van der Waals surface area contributed by atoms with E-state index in [1.807, 2.05) is 56.3 Å². The van der Waals surface area contributed by atoms with Crippen LogP contribution < -0.4 is 10.2 Å². The lowest BCUT2D eigenvalue weighted by atomic mass is 10.1. The average Bonchev–Trinajstić information content (AvgIpc) is 2.60. The molecule has 0 aliphatic rings. The normalized spacial score (nSPS) is 12.6. The molecule has 0 aliphatic heterocycles. The molecule has 0 aliphatic carbocycles. The Bertz CT molecular complexity index is 672. The Balaban J connectivity index is 1.93. The average molecular weight is 329 g/mol. The first-order valence-corrected chi connectivity index (χ1v) is 8.04. The van der Waals surface area contributed by atoms with Gasteiger partial charge in [0.1, 0.15) is 5.75 Å². The molecule has 6 heteroatoms. The zero-order valence-corrected chi connectivity index (χ0v) is 14.1. The Hall–Kier alpha value is -2.34. The highest BCUT2D eigenvalue weighted by atomic mass is 32.2. The van der Waals surface area contributed by atoms with Crippen LogP contribution in [0.3, 0.4) is 0 Å². The van der Waals surface area contributed by atoms with Crippen molar-refractivity contribution in [2.75, 3.05) is 7.11 Å². The third kappa shape index (κ3) is 5.10. The Morgan fingerprint density at radius 3 is 2.61 bits per heavy atom. The van der Waals surface area contributed by atoms with Crippen molar-refractivity contribution in [3.63, 3.8) is 0 Å². The summed E-state index contributed by atoms with van der Waals surface area (Å²) in [6, 6.07) is 13.1. The number of pyridine rings is 1. The van der Waals surface area contributed by atoms with Crippen LogP contribution in [0.1, 0.15) is 19.4 Å². The van der Waals surface area contributed by atoms with Crippen LogP contribution in [-0.4, -0.2) is 29.0 Å². The molecule has 0 saturated carbocycles. The van der Waals surface area contributed by atoms with Crippen molar-refractivity contribution >= 4 is 23.4 Å². The van der Waals surface area contributed by atoms with Crippen LogP contribution in [0.4, 0.5) is 0 Å². The standard InChI is InChI=1S/C17H19N3O2S/c1-12(14-7-9-15(22-3)10-8-14)19-20-17(21)13(2)23-16-6-4-5-11-18-16/h4-11,13H,1-3H3,(H,20,21)/b19-12-/t13-/m0/s1. The van der Waals surface area contributed by atoms with Gasteiger partial charge in [-0.25, -0.2) is 10.4 Å². The van der Waals surface area contributed by atoms with Crippen LogP contribution in [0.5, 0.6) is 5.75 Å². The Labute approximate surface area is 140 Å². The van der Waals surface area contributed by atoms with Crippen molar-refractivity contribution in [2.24, 2.45) is 5.10 Å². The van der Waals surface area contributed by atoms with Crippen molar-refractivity contribution in [2.45, 2.75) is 24.1 Å². The van der Waals surface area contributed by atoms with E-state index in [0.29, 0.717) is 0 Å². The largest absolute Gasteiger partial charge is 0.497 e. The highest BCUT2D eigenvalue weighted by molar-refractivity contribution is 8.00. The molecular weight excluding hydrogens is 310 g/mol. The van der Waals surface area contributed by atoms with Crippen LogP contribution >= 0.6 is 11.8 Å². The molecule has 1 heterocycles. The maximum absolute atomic E-state index is 12.1. The van der Waals surface area contributed by atoms with Gasteiger partial charge >= 0.3 is 0 Å². The van der Waals surface area contributed by atoms with Crippen molar-refractivity contribution in [3.8, 4) is 5.75 Å². The minimum atomic E-state index is -0.280. The zero-order valence-electron chi connectivity index (χ0n) is 13.3. The van der Waals surface area contributed by atoms with Crippen LogP contribution in [-0.2, 0) is 4.79 Å². The maximum Gasteiger partial charge on any atom is 0.253 e. The van der Waals surface area contributed by atoms with Gasteiger partial charge in [0.15, 0.2) is 0 Å². The van der Waals surface area contributed by atoms with E-state index in [1.165, 1.54) is 11.8 Å². The van der Waals surface area contributed by atoms with Gasteiger partial charge in [0.05, 0.1) is 23.1 Å². The topological polar surface area (TPSA) is 63.6 Å². The molecule has 23 heavy (non-hydrogen) atoms. The molecule has 0 spiro atoms. The molecule has 2 aromatic rings. The first-order valence-electron chi connectivity index (χ1n) is 7.16. The van der Waals surface area contributed by atoms with Gasteiger partial charge in [0.2, 0.25) is 0 Å². The molecule has 0 fully saturated rings. The van der Waals surface area contributed by atoms with Crippen molar-refractivity contribution in [3.05, 3.63) is 54.2 Å². The summed E-state index contributed by atoms with van der Waals surface area (Å²) in [6.45, 7) is 3.67. The Kier molecular flexibility index (Phi) is 6.17. The summed E-state index contributed by atoms with van der Waals surface area (Å²) in [7, 11) is 1.62. The lowest BCUT2D eigenvalue weighted by Crippen LogP contribution is -2.27. The van der Waals surface area contributed by atoms with E-state index in [0.717, 1.165) is 22.1 Å². The van der Waals surface area contributed by atoms with Crippen molar-refractivity contribution in [1.82, 2.24) is 10.4 Å². The van der Waals surface area contributed by atoms with E-state index in [-0.39, 0.29) is 11.2 Å². The smallest absolute Gasteiger partial charge is 0.253 e. The van der Waals surface area contributed by atoms with Gasteiger partial charge in [-0.2, -0.15) is 5.10 Å². The highest BCUT2D eigenvalue weighted by Crippen LogP contribution is 2.20. The van der Waals surface area contributed by atoms with E-state index in [9.17, 15) is 4.79 Å². The molecule has 5 nitrogen and oxygen atoms in total. The predicted octanol–water partition coefficient (Wildman–Crippen LogP) is 3.11. The molecule has 1 aromatic heterocycles. The molecule has 1 amide bonds. The lowest BCUT2D eigenvalue weighted by molar-refractivity contribution is -0.120. The third-order valence-corrected chi connectivity index (χ3v) is 4.20. The minimum absolute atomic E-state index is 0.159. The molecular formula is C17H19N3O2S. The number of aromatic nitrogens is 1. The van der Waals surface area contributed by atoms with E-state index in [4.69, 9.17) is 4.74 Å². The summed E-state index contributed by atoms with van der Waals surface area (Å²) < 4.78 is 5.12. The Morgan fingerprint density at radius 2 is 2.00 bits per heavy atom. The number of ether oxygens (including phenoxy) is 1. The lowest BCUT2D eigenvalue weighted by Gasteiger charge is -2.09. The van der Waals surface area contributed by atoms with Gasteiger partial charge in [-0.1, -0.05) is 17.8 Å². The number of hydrogen-bond donors (Lipinski definition) is 1. The summed E-state index contributed by atoms with van der Waals surface area (Å²) in [5.41, 5.74) is 4.26. The minimum Gasteiger partial charge on any atom is -0.497 e. The van der Waals surface area contributed by atoms with Crippen LogP contribution in [0.15, 0.2) is 58.8 Å². The van der Waals surface area contributed by atoms with E-state index < -0.39 is 0 Å². The van der Waals surface area contributed by atoms with E-state index >= 15 is 0 Å². The second kappa shape index (κ2) is 8.33. The summed E-state index contributed by atoms with van der Waals surface area (Å²) in [4.78, 5) is 16.3. The molecule has 0 radical (unpaired) electrons. The molecule has 2 rings (SSSR count). The number of nitrogens with zero attached hydrogens (tertiary/aromatic N) is 2. The van der Waals surface area contributed by atoms with Crippen molar-refractivity contribution < 1.29 is 9.53 Å². The van der Waals surface area contributed by atoms with Gasteiger partial charge < -0.3 is 4.74 Å². The highest BCUT2D eigenvalue weighted by Gasteiger charge is 2.14. The van der Waals surface area contributed by atoms with Gasteiger partial charge in [-0.15, -0.1) is 0 Å². The number of methoxy groups -OCH3 is 1. The van der Waals surface area contributed by atoms with Crippen LogP contribution in [0, 0.1) is 0 Å². The van der Waals surface area contributed by atoms with Crippen LogP contribution in [0.25, 0.3) is 0 Å². The molecule has 0 unspecified atom stereocenters. The number of nitrogens with one attached hydrogen (secondary N) is 1. The molecule has 1 aromatic carbocycles. The molecule has 120 valence electrons. The van der Waals surface area contributed by atoms with Gasteiger partial charge in [-0.05, 0) is 55.8 Å². The SMILES string of the molecule is COc1ccc(/C(C)=N\NC(=O)[C@H](C)Sc2ccccn2)cc1. The van der Waals surface area contributed by atoms with Crippen molar-refractivity contribution in [1.29, 1.82) is 0 Å². The first-order chi connectivity index (χ1) is 11.1.